The minimum absolute atomic E-state index is 0.0417. The second kappa shape index (κ2) is 9.04. The van der Waals surface area contributed by atoms with Gasteiger partial charge in [0.1, 0.15) is 0 Å². The van der Waals surface area contributed by atoms with Gasteiger partial charge in [-0.1, -0.05) is 37.3 Å². The summed E-state index contributed by atoms with van der Waals surface area (Å²) < 4.78 is 0. The Hall–Kier alpha value is 0.946. The topological polar surface area (TPSA) is 0 Å². The lowest BCUT2D eigenvalue weighted by atomic mass is 10.2. The molecule has 0 atom stereocenters. The van der Waals surface area contributed by atoms with Crippen molar-refractivity contribution in [3.63, 3.8) is 0 Å². The molecule has 0 nitrogen and oxygen atoms in total. The number of benzene rings is 1. The first-order valence-electron chi connectivity index (χ1n) is 3.51. The second-order valence-electron chi connectivity index (χ2n) is 1.94. The van der Waals surface area contributed by atoms with Gasteiger partial charge in [0.25, 0.3) is 0 Å². The molecule has 0 unspecified atom stereocenters. The van der Waals surface area contributed by atoms with E-state index < -0.39 is 0 Å². The van der Waals surface area contributed by atoms with Crippen LogP contribution in [0.1, 0.15) is 12.5 Å². The summed E-state index contributed by atoms with van der Waals surface area (Å²) in [7, 11) is 0. The monoisotopic (exact) mass is 288 g/mol. The summed E-state index contributed by atoms with van der Waals surface area (Å²) in [6.45, 7) is 2.16. The third kappa shape index (κ3) is 7.31. The fourth-order valence-corrected chi connectivity index (χ4v) is 0.714. The van der Waals surface area contributed by atoms with Crippen LogP contribution in [0.5, 0.6) is 0 Å². The van der Waals surface area contributed by atoms with E-state index in [1.807, 2.05) is 6.07 Å². The van der Waals surface area contributed by atoms with E-state index in [9.17, 15) is 0 Å². The maximum absolute atomic E-state index is 3.20. The van der Waals surface area contributed by atoms with Gasteiger partial charge in [-0.05, 0) is 12.0 Å². The van der Waals surface area contributed by atoms with Crippen LogP contribution in [0.15, 0.2) is 30.3 Å². The Morgan fingerprint density at radius 2 is 1.64 bits per heavy atom. The molecule has 58 valence electrons. The molecule has 0 radical (unpaired) electrons. The molecule has 0 bridgehead atoms. The molecule has 0 heterocycles. The summed E-state index contributed by atoms with van der Waals surface area (Å²) in [4.78, 5) is 0. The number of hydrogen-bond acceptors (Lipinski definition) is 0. The summed E-state index contributed by atoms with van der Waals surface area (Å²) in [6.07, 6.45) is 1.14. The lowest BCUT2D eigenvalue weighted by molar-refractivity contribution is 1.14. The number of halogens is 2. The molecule has 0 aliphatic heterocycles. The van der Waals surface area contributed by atoms with E-state index in [-0.39, 0.29) is 16.0 Å². The fourth-order valence-electron chi connectivity index (χ4n) is 0.714. The SMILES string of the molecule is CCc1ccccc1.[Br][Mg][Br]. The van der Waals surface area contributed by atoms with Gasteiger partial charge in [-0.15, -0.1) is 0 Å². The predicted molar refractivity (Wildman–Crippen MR) is 59.4 cm³/mol. The Balaban J connectivity index is 0.000000292. The van der Waals surface area contributed by atoms with Gasteiger partial charge >= 0.3 is 16.0 Å². The van der Waals surface area contributed by atoms with Gasteiger partial charge < -0.3 is 0 Å². The predicted octanol–water partition coefficient (Wildman–Crippen LogP) is 3.56. The van der Waals surface area contributed by atoms with Crippen molar-refractivity contribution in [2.24, 2.45) is 0 Å². The molecular formula is C8H10Br2Mg. The summed E-state index contributed by atoms with van der Waals surface area (Å²) in [5, 5.41) is 0. The van der Waals surface area contributed by atoms with Gasteiger partial charge in [0, 0.05) is 0 Å². The van der Waals surface area contributed by atoms with Crippen molar-refractivity contribution in [1.82, 2.24) is 0 Å². The zero-order valence-corrected chi connectivity index (χ0v) is 11.1. The lowest BCUT2D eigenvalue weighted by Gasteiger charge is -1.89. The Labute approximate surface area is 90.2 Å². The van der Waals surface area contributed by atoms with Crippen molar-refractivity contribution in [3.05, 3.63) is 35.9 Å². The van der Waals surface area contributed by atoms with Gasteiger partial charge in [-0.25, -0.2) is 0 Å². The first kappa shape index (κ1) is 11.9. The van der Waals surface area contributed by atoms with Crippen molar-refractivity contribution < 1.29 is 0 Å². The van der Waals surface area contributed by atoms with Crippen LogP contribution in [0.3, 0.4) is 0 Å². The summed E-state index contributed by atoms with van der Waals surface area (Å²) >= 11 is 6.44. The Bertz CT molecular complexity index is 165. The van der Waals surface area contributed by atoms with Crippen LogP contribution in [-0.2, 0) is 6.42 Å². The molecule has 1 aromatic rings. The van der Waals surface area contributed by atoms with Gasteiger partial charge in [0.15, 0.2) is 0 Å². The van der Waals surface area contributed by atoms with Gasteiger partial charge in [0.2, 0.25) is 0 Å². The van der Waals surface area contributed by atoms with Crippen LogP contribution in [-0.4, -0.2) is 16.0 Å². The smallest absolute Gasteiger partial charge is 0.280 e. The Morgan fingerprint density at radius 1 is 1.18 bits per heavy atom. The maximum Gasteiger partial charge on any atom is 0.560 e. The van der Waals surface area contributed by atoms with Crippen LogP contribution < -0.4 is 0 Å². The van der Waals surface area contributed by atoms with Crippen molar-refractivity contribution in [2.75, 3.05) is 0 Å². The van der Waals surface area contributed by atoms with Crippen LogP contribution >= 0.6 is 25.8 Å². The third-order valence-electron chi connectivity index (χ3n) is 1.25. The quantitative estimate of drug-likeness (QED) is 0.694. The van der Waals surface area contributed by atoms with E-state index in [1.165, 1.54) is 5.56 Å². The molecule has 0 fully saturated rings. The van der Waals surface area contributed by atoms with Crippen LogP contribution in [0, 0.1) is 0 Å². The molecule has 11 heavy (non-hydrogen) atoms. The number of aryl methyl sites for hydroxylation is 1. The average Bonchev–Trinajstić information content (AvgIpc) is 2.08. The van der Waals surface area contributed by atoms with E-state index in [1.54, 1.807) is 0 Å². The van der Waals surface area contributed by atoms with Crippen molar-refractivity contribution >= 4 is 41.8 Å². The molecule has 0 saturated carbocycles. The molecule has 0 amide bonds. The highest BCUT2D eigenvalue weighted by atomic mass is 79.9. The summed E-state index contributed by atoms with van der Waals surface area (Å²) in [6, 6.07) is 10.5. The Kier molecular flexibility index (Phi) is 9.82. The van der Waals surface area contributed by atoms with E-state index in [4.69, 9.17) is 0 Å². The third-order valence-corrected chi connectivity index (χ3v) is 1.25. The van der Waals surface area contributed by atoms with Crippen LogP contribution in [0.2, 0.25) is 0 Å². The van der Waals surface area contributed by atoms with E-state index >= 15 is 0 Å². The van der Waals surface area contributed by atoms with Crippen molar-refractivity contribution in [1.29, 1.82) is 0 Å². The van der Waals surface area contributed by atoms with Crippen LogP contribution in [0.4, 0.5) is 0 Å². The van der Waals surface area contributed by atoms with Gasteiger partial charge in [-0.2, -0.15) is 0 Å². The minimum Gasteiger partial charge on any atom is -0.280 e. The normalized spacial score (nSPS) is 7.55. The highest BCUT2D eigenvalue weighted by Crippen LogP contribution is 1.96. The Morgan fingerprint density at radius 3 is 1.91 bits per heavy atom. The van der Waals surface area contributed by atoms with Crippen molar-refractivity contribution in [2.45, 2.75) is 13.3 Å². The molecule has 3 heteroatoms. The van der Waals surface area contributed by atoms with E-state index in [0.29, 0.717) is 0 Å². The minimum atomic E-state index is 0.0417. The summed E-state index contributed by atoms with van der Waals surface area (Å²) in [5.74, 6) is 0. The second-order valence-corrected chi connectivity index (χ2v) is 10.0. The summed E-state index contributed by atoms with van der Waals surface area (Å²) in [5.41, 5.74) is 1.41. The molecule has 1 aromatic carbocycles. The maximum atomic E-state index is 3.20. The van der Waals surface area contributed by atoms with E-state index in [0.717, 1.165) is 6.42 Å². The average molecular weight is 290 g/mol. The fraction of sp³-hybridized carbons (Fsp3) is 0.250. The molecule has 0 N–H and O–H groups in total. The molecule has 0 aliphatic carbocycles. The first-order chi connectivity index (χ1) is 5.35. The highest BCUT2D eigenvalue weighted by Gasteiger charge is 1.79. The zero-order valence-electron chi connectivity index (χ0n) is 6.56. The van der Waals surface area contributed by atoms with E-state index in [2.05, 4.69) is 57.0 Å². The lowest BCUT2D eigenvalue weighted by Crippen LogP contribution is -1.73. The molecule has 0 aromatic heterocycles. The molecular weight excluding hydrogens is 280 g/mol. The molecule has 0 saturated heterocycles. The molecule has 0 aliphatic rings. The van der Waals surface area contributed by atoms with Gasteiger partial charge in [0.05, 0.1) is 0 Å². The number of rotatable bonds is 1. The highest BCUT2D eigenvalue weighted by molar-refractivity contribution is 9.47. The zero-order chi connectivity index (χ0) is 8.53. The van der Waals surface area contributed by atoms with Crippen LogP contribution in [0.25, 0.3) is 0 Å². The standard InChI is InChI=1S/C8H10.2BrH.Mg/c1-2-8-6-4-3-5-7-8;;;/h3-7H,2H2,1H3;2*1H;/q;;;+2/p-2. The molecule has 0 spiro atoms. The van der Waals surface area contributed by atoms with Gasteiger partial charge in [-0.3, -0.25) is 25.8 Å². The largest absolute Gasteiger partial charge is 0.560 e. The van der Waals surface area contributed by atoms with Crippen molar-refractivity contribution in [3.8, 4) is 0 Å². The number of hydrogen-bond donors (Lipinski definition) is 0. The molecule has 1 rings (SSSR count). The first-order valence-corrected chi connectivity index (χ1v) is 11.3.